The van der Waals surface area contributed by atoms with Crippen molar-refractivity contribution in [2.24, 2.45) is 0 Å². The second-order valence-corrected chi connectivity index (χ2v) is 5.34. The molecule has 1 fully saturated rings. The Morgan fingerprint density at radius 3 is 2.62 bits per heavy atom. The van der Waals surface area contributed by atoms with Gasteiger partial charge in [-0.1, -0.05) is 30.3 Å². The molecule has 0 aliphatic carbocycles. The molecule has 0 bridgehead atoms. The van der Waals surface area contributed by atoms with Crippen molar-refractivity contribution >= 4 is 16.8 Å². The van der Waals surface area contributed by atoms with E-state index >= 15 is 0 Å². The molecule has 2 N–H and O–H groups in total. The Bertz CT molecular complexity index is 407. The van der Waals surface area contributed by atoms with Crippen molar-refractivity contribution in [3.63, 3.8) is 0 Å². The minimum Gasteiger partial charge on any atom is -0.480 e. The van der Waals surface area contributed by atoms with Crippen molar-refractivity contribution in [1.82, 2.24) is 5.32 Å². The van der Waals surface area contributed by atoms with E-state index in [9.17, 15) is 9.00 Å². The van der Waals surface area contributed by atoms with Gasteiger partial charge in [-0.2, -0.15) is 0 Å². The van der Waals surface area contributed by atoms with Crippen molar-refractivity contribution in [3.8, 4) is 0 Å². The Morgan fingerprint density at radius 2 is 2.00 bits per heavy atom. The number of nitrogens with one attached hydrogen (secondary N) is 1. The molecule has 0 radical (unpaired) electrons. The molecular weight excluding hydrogens is 226 g/mol. The molecular formula is C11H13NO3S. The molecule has 3 unspecified atom stereocenters. The third kappa shape index (κ3) is 2.48. The summed E-state index contributed by atoms with van der Waals surface area (Å²) >= 11 is 0. The van der Waals surface area contributed by atoms with E-state index in [1.54, 1.807) is 0 Å². The van der Waals surface area contributed by atoms with Crippen molar-refractivity contribution in [2.45, 2.75) is 12.1 Å². The van der Waals surface area contributed by atoms with E-state index in [4.69, 9.17) is 5.11 Å². The van der Waals surface area contributed by atoms with Gasteiger partial charge in [-0.05, 0) is 5.56 Å². The molecule has 16 heavy (non-hydrogen) atoms. The van der Waals surface area contributed by atoms with Gasteiger partial charge in [0.15, 0.2) is 0 Å². The quantitative estimate of drug-likeness (QED) is 0.790. The SMILES string of the molecule is O=C(O)C1CS(=O)CC(c2ccccc2)N1. The van der Waals surface area contributed by atoms with E-state index in [1.807, 2.05) is 30.3 Å². The maximum Gasteiger partial charge on any atom is 0.321 e. The summed E-state index contributed by atoms with van der Waals surface area (Å²) in [5, 5.41) is 11.9. The fourth-order valence-corrected chi connectivity index (χ4v) is 3.21. The van der Waals surface area contributed by atoms with Gasteiger partial charge >= 0.3 is 5.97 Å². The van der Waals surface area contributed by atoms with Crippen LogP contribution in [-0.2, 0) is 15.6 Å². The van der Waals surface area contributed by atoms with Gasteiger partial charge in [0.25, 0.3) is 0 Å². The predicted octanol–water partition coefficient (Wildman–Crippen LogP) is 0.533. The first-order valence-electron chi connectivity index (χ1n) is 5.05. The third-order valence-corrected chi connectivity index (χ3v) is 4.02. The zero-order valence-electron chi connectivity index (χ0n) is 8.63. The van der Waals surface area contributed by atoms with Gasteiger partial charge in [-0.3, -0.25) is 14.3 Å². The Kier molecular flexibility index (Phi) is 3.36. The summed E-state index contributed by atoms with van der Waals surface area (Å²) in [5.41, 5.74) is 0.988. The molecule has 86 valence electrons. The minimum absolute atomic E-state index is 0.128. The summed E-state index contributed by atoms with van der Waals surface area (Å²) in [4.78, 5) is 10.9. The summed E-state index contributed by atoms with van der Waals surface area (Å²) in [6.45, 7) is 0. The number of aliphatic carboxylic acids is 1. The lowest BCUT2D eigenvalue weighted by molar-refractivity contribution is -0.139. The van der Waals surface area contributed by atoms with E-state index in [2.05, 4.69) is 5.32 Å². The molecule has 1 aromatic rings. The number of carboxylic acid groups (broad SMARTS) is 1. The Hall–Kier alpha value is -1.20. The van der Waals surface area contributed by atoms with Crippen LogP contribution >= 0.6 is 0 Å². The van der Waals surface area contributed by atoms with Crippen LogP contribution in [0.3, 0.4) is 0 Å². The number of carbonyl (C=O) groups is 1. The van der Waals surface area contributed by atoms with Crippen molar-refractivity contribution in [2.75, 3.05) is 11.5 Å². The van der Waals surface area contributed by atoms with Crippen LogP contribution in [-0.4, -0.2) is 32.8 Å². The molecule has 0 aromatic heterocycles. The summed E-state index contributed by atoms with van der Waals surface area (Å²) in [6, 6.07) is 8.68. The highest BCUT2D eigenvalue weighted by Gasteiger charge is 2.30. The second-order valence-electron chi connectivity index (χ2n) is 3.79. The number of rotatable bonds is 2. The van der Waals surface area contributed by atoms with Crippen LogP contribution in [0.4, 0.5) is 0 Å². The molecule has 4 nitrogen and oxygen atoms in total. The lowest BCUT2D eigenvalue weighted by Crippen LogP contribution is -2.49. The highest BCUT2D eigenvalue weighted by molar-refractivity contribution is 7.85. The third-order valence-electron chi connectivity index (χ3n) is 2.61. The number of hydrogen-bond acceptors (Lipinski definition) is 3. The van der Waals surface area contributed by atoms with E-state index < -0.39 is 22.8 Å². The van der Waals surface area contributed by atoms with Crippen molar-refractivity contribution in [3.05, 3.63) is 35.9 Å². The first-order valence-corrected chi connectivity index (χ1v) is 6.54. The number of hydrogen-bond donors (Lipinski definition) is 2. The Morgan fingerprint density at radius 1 is 1.31 bits per heavy atom. The van der Waals surface area contributed by atoms with Gasteiger partial charge in [0.05, 0.1) is 0 Å². The molecule has 1 aliphatic heterocycles. The topological polar surface area (TPSA) is 66.4 Å². The average molecular weight is 239 g/mol. The molecule has 1 aromatic carbocycles. The Balaban J connectivity index is 2.17. The maximum absolute atomic E-state index is 11.6. The van der Waals surface area contributed by atoms with E-state index in [1.165, 1.54) is 0 Å². The van der Waals surface area contributed by atoms with Gasteiger partial charge in [0.1, 0.15) is 6.04 Å². The van der Waals surface area contributed by atoms with E-state index in [0.29, 0.717) is 5.75 Å². The first kappa shape index (κ1) is 11.3. The summed E-state index contributed by atoms with van der Waals surface area (Å²) in [7, 11) is -1.06. The van der Waals surface area contributed by atoms with Crippen LogP contribution < -0.4 is 5.32 Å². The first-order chi connectivity index (χ1) is 7.66. The molecule has 1 aliphatic rings. The zero-order valence-corrected chi connectivity index (χ0v) is 9.44. The summed E-state index contributed by atoms with van der Waals surface area (Å²) in [6.07, 6.45) is 0. The normalized spacial score (nSPS) is 29.9. The molecule has 0 saturated carbocycles. The molecule has 0 spiro atoms. The van der Waals surface area contributed by atoms with Gasteiger partial charge < -0.3 is 5.11 Å². The van der Waals surface area contributed by atoms with E-state index in [-0.39, 0.29) is 11.8 Å². The summed E-state index contributed by atoms with van der Waals surface area (Å²) in [5.74, 6) is -0.263. The Labute approximate surface area is 96.1 Å². The second kappa shape index (κ2) is 4.76. The number of benzene rings is 1. The zero-order chi connectivity index (χ0) is 11.5. The van der Waals surface area contributed by atoms with Crippen LogP contribution in [0.25, 0.3) is 0 Å². The maximum atomic E-state index is 11.6. The van der Waals surface area contributed by atoms with Crippen LogP contribution in [0, 0.1) is 0 Å². The largest absolute Gasteiger partial charge is 0.480 e. The van der Waals surface area contributed by atoms with E-state index in [0.717, 1.165) is 5.56 Å². The van der Waals surface area contributed by atoms with Crippen LogP contribution in [0.15, 0.2) is 30.3 Å². The van der Waals surface area contributed by atoms with Gasteiger partial charge in [0.2, 0.25) is 0 Å². The molecule has 0 amide bonds. The number of carboxylic acids is 1. The monoisotopic (exact) mass is 239 g/mol. The van der Waals surface area contributed by atoms with Crippen LogP contribution in [0.1, 0.15) is 11.6 Å². The van der Waals surface area contributed by atoms with Crippen LogP contribution in [0.5, 0.6) is 0 Å². The van der Waals surface area contributed by atoms with Crippen molar-refractivity contribution in [1.29, 1.82) is 0 Å². The molecule has 1 saturated heterocycles. The highest BCUT2D eigenvalue weighted by atomic mass is 32.2. The average Bonchev–Trinajstić information content (AvgIpc) is 2.29. The van der Waals surface area contributed by atoms with Gasteiger partial charge in [-0.25, -0.2) is 0 Å². The van der Waals surface area contributed by atoms with Crippen LogP contribution in [0.2, 0.25) is 0 Å². The van der Waals surface area contributed by atoms with Gasteiger partial charge in [0, 0.05) is 28.3 Å². The molecule has 1 heterocycles. The van der Waals surface area contributed by atoms with Gasteiger partial charge in [-0.15, -0.1) is 0 Å². The molecule has 2 rings (SSSR count). The fraction of sp³-hybridized carbons (Fsp3) is 0.364. The molecule has 5 heteroatoms. The molecule has 3 atom stereocenters. The highest BCUT2D eigenvalue weighted by Crippen LogP contribution is 2.18. The lowest BCUT2D eigenvalue weighted by Gasteiger charge is -2.28. The summed E-state index contributed by atoms with van der Waals surface area (Å²) < 4.78 is 11.6. The smallest absolute Gasteiger partial charge is 0.321 e. The van der Waals surface area contributed by atoms with Crippen molar-refractivity contribution < 1.29 is 14.1 Å². The standard InChI is InChI=1S/C11H13NO3S/c13-11(14)10-7-16(15)6-9(12-10)8-4-2-1-3-5-8/h1-5,9-10,12H,6-7H2,(H,13,14). The lowest BCUT2D eigenvalue weighted by atomic mass is 10.1. The minimum atomic E-state index is -1.06. The fourth-order valence-electron chi connectivity index (χ4n) is 1.80. The predicted molar refractivity (Wildman–Crippen MR) is 61.6 cm³/mol.